The normalized spacial score (nSPS) is 11.4. The third-order valence-corrected chi connectivity index (χ3v) is 4.03. The molecule has 4 N–H and O–H groups in total. The van der Waals surface area contributed by atoms with Gasteiger partial charge >= 0.3 is 0 Å². The van der Waals surface area contributed by atoms with Gasteiger partial charge in [0.25, 0.3) is 5.56 Å². The minimum atomic E-state index is -0.223. The molecule has 1 heterocycles. The molecule has 0 aliphatic heterocycles. The zero-order chi connectivity index (χ0) is 18.5. The van der Waals surface area contributed by atoms with Crippen molar-refractivity contribution in [2.75, 3.05) is 5.32 Å². The summed E-state index contributed by atoms with van der Waals surface area (Å²) in [5.41, 5.74) is 8.67. The maximum absolute atomic E-state index is 12.4. The Hall–Kier alpha value is -3.12. The van der Waals surface area contributed by atoms with Crippen molar-refractivity contribution in [3.05, 3.63) is 86.8 Å². The summed E-state index contributed by atoms with van der Waals surface area (Å²) in [6.07, 6.45) is 0.511. The SMILES string of the molecule is Cc1nc(N=C(N)Nc2ccc(Cl)cc2)[nH]c(=O)c1Cc1ccccc1. The molecule has 0 radical (unpaired) electrons. The van der Waals surface area contributed by atoms with Crippen molar-refractivity contribution in [3.8, 4) is 0 Å². The zero-order valence-corrected chi connectivity index (χ0v) is 14.9. The van der Waals surface area contributed by atoms with Gasteiger partial charge in [-0.3, -0.25) is 9.78 Å². The Morgan fingerprint density at radius 3 is 2.54 bits per heavy atom. The second kappa shape index (κ2) is 7.84. The van der Waals surface area contributed by atoms with Gasteiger partial charge in [-0.25, -0.2) is 4.98 Å². The molecule has 0 unspecified atom stereocenters. The Balaban J connectivity index is 1.80. The van der Waals surface area contributed by atoms with Crippen LogP contribution in [0.15, 0.2) is 64.4 Å². The minimum Gasteiger partial charge on any atom is -0.369 e. The Morgan fingerprint density at radius 1 is 1.19 bits per heavy atom. The Morgan fingerprint density at radius 2 is 1.88 bits per heavy atom. The van der Waals surface area contributed by atoms with Crippen molar-refractivity contribution >= 4 is 29.2 Å². The number of aromatic amines is 1. The number of hydrogen-bond acceptors (Lipinski definition) is 3. The first kappa shape index (κ1) is 17.7. The van der Waals surface area contributed by atoms with Gasteiger partial charge in [-0.2, -0.15) is 4.99 Å². The highest BCUT2D eigenvalue weighted by Gasteiger charge is 2.09. The molecule has 0 saturated heterocycles. The van der Waals surface area contributed by atoms with Gasteiger partial charge in [0, 0.05) is 22.7 Å². The minimum absolute atomic E-state index is 0.116. The smallest absolute Gasteiger partial charge is 0.256 e. The third-order valence-electron chi connectivity index (χ3n) is 3.78. The fourth-order valence-corrected chi connectivity index (χ4v) is 2.61. The third kappa shape index (κ3) is 4.49. The summed E-state index contributed by atoms with van der Waals surface area (Å²) in [7, 11) is 0. The van der Waals surface area contributed by atoms with Crippen LogP contribution in [0, 0.1) is 6.92 Å². The largest absolute Gasteiger partial charge is 0.369 e. The lowest BCUT2D eigenvalue weighted by molar-refractivity contribution is 0.973. The molecular weight excluding hydrogens is 350 g/mol. The topological polar surface area (TPSA) is 96.2 Å². The van der Waals surface area contributed by atoms with Crippen LogP contribution in [0.5, 0.6) is 0 Å². The van der Waals surface area contributed by atoms with Crippen LogP contribution in [-0.2, 0) is 6.42 Å². The van der Waals surface area contributed by atoms with Crippen LogP contribution in [0.1, 0.15) is 16.8 Å². The standard InChI is InChI=1S/C19H18ClN5O/c1-12-16(11-13-5-3-2-4-6-13)17(26)24-19(22-12)25-18(21)23-15-9-7-14(20)8-10-15/h2-10H,11H2,1H3,(H4,21,22,23,24,25,26). The first-order valence-corrected chi connectivity index (χ1v) is 8.39. The van der Waals surface area contributed by atoms with E-state index >= 15 is 0 Å². The summed E-state index contributed by atoms with van der Waals surface area (Å²) >= 11 is 5.85. The maximum atomic E-state index is 12.4. The molecule has 0 aliphatic rings. The van der Waals surface area contributed by atoms with Crippen LogP contribution in [0.3, 0.4) is 0 Å². The van der Waals surface area contributed by atoms with Crippen LogP contribution in [-0.4, -0.2) is 15.9 Å². The van der Waals surface area contributed by atoms with Gasteiger partial charge in [0.2, 0.25) is 11.9 Å². The summed E-state index contributed by atoms with van der Waals surface area (Å²) in [6, 6.07) is 16.8. The van der Waals surface area contributed by atoms with Crippen molar-refractivity contribution in [1.82, 2.24) is 9.97 Å². The molecule has 1 aromatic heterocycles. The molecule has 0 saturated carbocycles. The number of benzene rings is 2. The van der Waals surface area contributed by atoms with Crippen LogP contribution >= 0.6 is 11.6 Å². The molecule has 132 valence electrons. The fourth-order valence-electron chi connectivity index (χ4n) is 2.48. The quantitative estimate of drug-likeness (QED) is 0.486. The summed E-state index contributed by atoms with van der Waals surface area (Å²) in [4.78, 5) is 23.5. The first-order chi connectivity index (χ1) is 12.5. The molecular formula is C19H18ClN5O. The molecule has 6 nitrogen and oxygen atoms in total. The lowest BCUT2D eigenvalue weighted by atomic mass is 10.1. The fraction of sp³-hybridized carbons (Fsp3) is 0.105. The number of hydrogen-bond donors (Lipinski definition) is 3. The number of aliphatic imine (C=N–C) groups is 1. The van der Waals surface area contributed by atoms with Gasteiger partial charge in [-0.15, -0.1) is 0 Å². The number of rotatable bonds is 4. The Bertz CT molecular complexity index is 981. The van der Waals surface area contributed by atoms with E-state index in [0.29, 0.717) is 22.7 Å². The summed E-state index contributed by atoms with van der Waals surface area (Å²) in [5.74, 6) is 0.272. The average molecular weight is 368 g/mol. The number of aromatic nitrogens is 2. The predicted octanol–water partition coefficient (Wildman–Crippen LogP) is 3.38. The number of nitrogens with one attached hydrogen (secondary N) is 2. The van der Waals surface area contributed by atoms with Crippen LogP contribution < -0.4 is 16.6 Å². The van der Waals surface area contributed by atoms with Gasteiger partial charge in [0.15, 0.2) is 0 Å². The molecule has 0 amide bonds. The van der Waals surface area contributed by atoms with Crippen LogP contribution in [0.25, 0.3) is 0 Å². The number of aryl methyl sites for hydroxylation is 1. The lowest BCUT2D eigenvalue weighted by Gasteiger charge is -2.07. The number of H-pyrrole nitrogens is 1. The zero-order valence-electron chi connectivity index (χ0n) is 14.2. The highest BCUT2D eigenvalue weighted by molar-refractivity contribution is 6.30. The summed E-state index contributed by atoms with van der Waals surface area (Å²) in [5, 5.41) is 3.54. The number of anilines is 1. The van der Waals surface area contributed by atoms with E-state index in [-0.39, 0.29) is 17.5 Å². The van der Waals surface area contributed by atoms with E-state index in [1.54, 1.807) is 31.2 Å². The highest BCUT2D eigenvalue weighted by Crippen LogP contribution is 2.14. The van der Waals surface area contributed by atoms with Gasteiger partial charge in [0.1, 0.15) is 0 Å². The van der Waals surface area contributed by atoms with Crippen molar-refractivity contribution in [3.63, 3.8) is 0 Å². The van der Waals surface area contributed by atoms with E-state index in [9.17, 15) is 4.79 Å². The van der Waals surface area contributed by atoms with E-state index < -0.39 is 0 Å². The molecule has 3 rings (SSSR count). The van der Waals surface area contributed by atoms with E-state index in [1.807, 2.05) is 30.3 Å². The van der Waals surface area contributed by atoms with E-state index in [4.69, 9.17) is 17.3 Å². The van der Waals surface area contributed by atoms with Crippen molar-refractivity contribution in [1.29, 1.82) is 0 Å². The van der Waals surface area contributed by atoms with Gasteiger partial charge in [-0.1, -0.05) is 41.9 Å². The van der Waals surface area contributed by atoms with E-state index in [0.717, 1.165) is 11.3 Å². The molecule has 2 aromatic carbocycles. The monoisotopic (exact) mass is 367 g/mol. The molecule has 0 spiro atoms. The van der Waals surface area contributed by atoms with Gasteiger partial charge < -0.3 is 11.1 Å². The average Bonchev–Trinajstić information content (AvgIpc) is 2.61. The molecule has 0 bridgehead atoms. The first-order valence-electron chi connectivity index (χ1n) is 8.02. The lowest BCUT2D eigenvalue weighted by Crippen LogP contribution is -2.23. The Kier molecular flexibility index (Phi) is 5.34. The second-order valence-corrected chi connectivity index (χ2v) is 6.18. The second-order valence-electron chi connectivity index (χ2n) is 5.74. The Labute approximate surface area is 155 Å². The van der Waals surface area contributed by atoms with Crippen molar-refractivity contribution in [2.24, 2.45) is 10.7 Å². The number of nitrogens with two attached hydrogens (primary N) is 1. The van der Waals surface area contributed by atoms with Crippen LogP contribution in [0.2, 0.25) is 5.02 Å². The number of nitrogens with zero attached hydrogens (tertiary/aromatic N) is 2. The van der Waals surface area contributed by atoms with Gasteiger partial charge in [0.05, 0.1) is 5.69 Å². The molecule has 0 atom stereocenters. The van der Waals surface area contributed by atoms with E-state index in [2.05, 4.69) is 20.3 Å². The number of guanidine groups is 1. The molecule has 3 aromatic rings. The number of halogens is 1. The van der Waals surface area contributed by atoms with Crippen molar-refractivity contribution in [2.45, 2.75) is 13.3 Å². The van der Waals surface area contributed by atoms with Crippen LogP contribution in [0.4, 0.5) is 11.6 Å². The molecule has 26 heavy (non-hydrogen) atoms. The predicted molar refractivity (Wildman–Crippen MR) is 105 cm³/mol. The summed E-state index contributed by atoms with van der Waals surface area (Å²) in [6.45, 7) is 1.79. The molecule has 7 heteroatoms. The highest BCUT2D eigenvalue weighted by atomic mass is 35.5. The van der Waals surface area contributed by atoms with E-state index in [1.165, 1.54) is 0 Å². The summed E-state index contributed by atoms with van der Waals surface area (Å²) < 4.78 is 0. The maximum Gasteiger partial charge on any atom is 0.256 e. The van der Waals surface area contributed by atoms with Gasteiger partial charge in [-0.05, 0) is 36.8 Å². The molecule has 0 fully saturated rings. The molecule has 0 aliphatic carbocycles. The van der Waals surface area contributed by atoms with Crippen molar-refractivity contribution < 1.29 is 0 Å².